The zero-order chi connectivity index (χ0) is 18.4. The molecule has 0 radical (unpaired) electrons. The van der Waals surface area contributed by atoms with Gasteiger partial charge in [-0.3, -0.25) is 10.0 Å². The second kappa shape index (κ2) is 11.2. The lowest BCUT2D eigenvalue weighted by atomic mass is 9.90. The van der Waals surface area contributed by atoms with Gasteiger partial charge in [0.25, 0.3) is 5.91 Å². The fraction of sp³-hybridized carbons (Fsp3) is 0.263. The van der Waals surface area contributed by atoms with E-state index in [1.807, 2.05) is 18.2 Å². The van der Waals surface area contributed by atoms with Crippen LogP contribution < -0.4 is 16.1 Å². The van der Waals surface area contributed by atoms with E-state index in [0.717, 1.165) is 25.9 Å². The summed E-state index contributed by atoms with van der Waals surface area (Å²) < 4.78 is 0. The van der Waals surface area contributed by atoms with E-state index in [1.54, 1.807) is 12.3 Å². The van der Waals surface area contributed by atoms with Crippen LogP contribution in [-0.4, -0.2) is 34.7 Å². The molecule has 3 rings (SSSR count). The Labute approximate surface area is 181 Å². The zero-order valence-electron chi connectivity index (χ0n) is 15.0. The van der Waals surface area contributed by atoms with Crippen LogP contribution in [0.25, 0.3) is 6.08 Å². The molecule has 1 saturated heterocycles. The number of hydroxylamine groups is 1. The van der Waals surface area contributed by atoms with E-state index in [9.17, 15) is 4.79 Å². The van der Waals surface area contributed by atoms with E-state index in [1.165, 1.54) is 23.2 Å². The first-order valence-electron chi connectivity index (χ1n) is 8.41. The summed E-state index contributed by atoms with van der Waals surface area (Å²) in [6.45, 7) is 1.77. The van der Waals surface area contributed by atoms with Crippen LogP contribution in [0.3, 0.4) is 0 Å². The van der Waals surface area contributed by atoms with Crippen LogP contribution in [0.15, 0.2) is 48.7 Å². The van der Waals surface area contributed by atoms with Crippen molar-refractivity contribution in [1.29, 1.82) is 0 Å². The number of aromatic nitrogens is 1. The van der Waals surface area contributed by atoms with Gasteiger partial charge in [-0.15, -0.1) is 24.8 Å². The number of carbonyl (C=O) groups excluding carboxylic acids is 1. The van der Waals surface area contributed by atoms with Crippen molar-refractivity contribution in [1.82, 2.24) is 15.8 Å². The number of carbonyl (C=O) groups is 1. The van der Waals surface area contributed by atoms with Gasteiger partial charge in [0.15, 0.2) is 0 Å². The summed E-state index contributed by atoms with van der Waals surface area (Å²) in [5.74, 6) is 0.0113. The van der Waals surface area contributed by atoms with Crippen LogP contribution >= 0.6 is 36.4 Å². The SMILES string of the molecule is Cl.Cl.O=C(/C=C/c1cnc(N[C@]2(Cc3ccccc3)CCNC2)c(Cl)c1)NO. The molecule has 9 heteroatoms. The molecule has 1 amide bonds. The Morgan fingerprint density at radius 2 is 2.07 bits per heavy atom. The van der Waals surface area contributed by atoms with Crippen LogP contribution in [0, 0.1) is 0 Å². The molecule has 1 aromatic heterocycles. The number of halogens is 3. The number of pyridine rings is 1. The van der Waals surface area contributed by atoms with Gasteiger partial charge in [-0.05, 0) is 42.7 Å². The third-order valence-electron chi connectivity index (χ3n) is 4.41. The summed E-state index contributed by atoms with van der Waals surface area (Å²) in [6.07, 6.45) is 6.21. The summed E-state index contributed by atoms with van der Waals surface area (Å²) in [6, 6.07) is 12.1. The average Bonchev–Trinajstić information content (AvgIpc) is 3.10. The van der Waals surface area contributed by atoms with Crippen LogP contribution in [0.1, 0.15) is 17.5 Å². The maximum Gasteiger partial charge on any atom is 0.267 e. The summed E-state index contributed by atoms with van der Waals surface area (Å²) in [7, 11) is 0. The van der Waals surface area contributed by atoms with E-state index in [0.29, 0.717) is 16.4 Å². The van der Waals surface area contributed by atoms with Gasteiger partial charge >= 0.3 is 0 Å². The topological polar surface area (TPSA) is 86.3 Å². The zero-order valence-corrected chi connectivity index (χ0v) is 17.4. The lowest BCUT2D eigenvalue weighted by Gasteiger charge is -2.31. The smallest absolute Gasteiger partial charge is 0.267 e. The van der Waals surface area contributed by atoms with Gasteiger partial charge < -0.3 is 10.6 Å². The minimum atomic E-state index is -0.609. The monoisotopic (exact) mass is 444 g/mol. The Morgan fingerprint density at radius 3 is 2.68 bits per heavy atom. The van der Waals surface area contributed by atoms with Crippen molar-refractivity contribution < 1.29 is 10.0 Å². The van der Waals surface area contributed by atoms with Gasteiger partial charge in [-0.2, -0.15) is 0 Å². The van der Waals surface area contributed by atoms with Crippen molar-refractivity contribution in [2.75, 3.05) is 18.4 Å². The Hall–Kier alpha value is -1.83. The van der Waals surface area contributed by atoms with Crippen molar-refractivity contribution in [2.45, 2.75) is 18.4 Å². The molecule has 0 spiro atoms. The van der Waals surface area contributed by atoms with E-state index >= 15 is 0 Å². The molecule has 1 atom stereocenters. The molecule has 0 bridgehead atoms. The van der Waals surface area contributed by atoms with E-state index < -0.39 is 5.91 Å². The molecular weight excluding hydrogens is 423 g/mol. The molecule has 1 aliphatic heterocycles. The molecule has 1 aliphatic rings. The highest BCUT2D eigenvalue weighted by molar-refractivity contribution is 6.33. The van der Waals surface area contributed by atoms with Gasteiger partial charge in [-0.1, -0.05) is 41.9 Å². The van der Waals surface area contributed by atoms with Crippen LogP contribution in [-0.2, 0) is 11.2 Å². The van der Waals surface area contributed by atoms with Crippen molar-refractivity contribution in [3.63, 3.8) is 0 Å². The molecule has 0 saturated carbocycles. The predicted octanol–water partition coefficient (Wildman–Crippen LogP) is 3.48. The Kier molecular flexibility index (Phi) is 9.72. The molecule has 2 aromatic rings. The van der Waals surface area contributed by atoms with Gasteiger partial charge in [0.05, 0.1) is 10.6 Å². The van der Waals surface area contributed by atoms with Crippen molar-refractivity contribution in [3.05, 3.63) is 64.8 Å². The molecule has 1 aromatic carbocycles. The third kappa shape index (κ3) is 6.36. The number of anilines is 1. The minimum absolute atomic E-state index is 0. The molecule has 0 unspecified atom stereocenters. The number of rotatable bonds is 6. The molecule has 28 heavy (non-hydrogen) atoms. The van der Waals surface area contributed by atoms with E-state index in [-0.39, 0.29) is 30.4 Å². The molecule has 4 N–H and O–H groups in total. The first-order valence-corrected chi connectivity index (χ1v) is 8.79. The largest absolute Gasteiger partial charge is 0.362 e. The quantitative estimate of drug-likeness (QED) is 0.311. The first-order chi connectivity index (χ1) is 12.6. The first kappa shape index (κ1) is 24.2. The number of benzene rings is 1. The Bertz CT molecular complexity index is 797. The van der Waals surface area contributed by atoms with Crippen LogP contribution in [0.4, 0.5) is 5.82 Å². The normalized spacial score (nSPS) is 18.2. The van der Waals surface area contributed by atoms with Crippen molar-refractivity contribution in [2.24, 2.45) is 0 Å². The second-order valence-corrected chi connectivity index (χ2v) is 6.81. The maximum absolute atomic E-state index is 11.1. The van der Waals surface area contributed by atoms with Gasteiger partial charge in [0.1, 0.15) is 5.82 Å². The summed E-state index contributed by atoms with van der Waals surface area (Å²) in [4.78, 5) is 15.5. The Balaban J connectivity index is 0.00000196. The second-order valence-electron chi connectivity index (χ2n) is 6.40. The van der Waals surface area contributed by atoms with Crippen LogP contribution in [0.5, 0.6) is 0 Å². The minimum Gasteiger partial charge on any atom is -0.362 e. The number of nitrogens with one attached hydrogen (secondary N) is 3. The highest BCUT2D eigenvalue weighted by Gasteiger charge is 2.34. The third-order valence-corrected chi connectivity index (χ3v) is 4.70. The van der Waals surface area contributed by atoms with E-state index in [4.69, 9.17) is 16.8 Å². The maximum atomic E-state index is 11.1. The van der Waals surface area contributed by atoms with Crippen molar-refractivity contribution >= 4 is 54.2 Å². The highest BCUT2D eigenvalue weighted by Crippen LogP contribution is 2.29. The van der Waals surface area contributed by atoms with Gasteiger partial charge in [0.2, 0.25) is 0 Å². The summed E-state index contributed by atoms with van der Waals surface area (Å²) in [5, 5.41) is 15.9. The number of amides is 1. The molecular formula is C19H23Cl3N4O2. The highest BCUT2D eigenvalue weighted by atomic mass is 35.5. The molecule has 152 valence electrons. The lowest BCUT2D eigenvalue weighted by molar-refractivity contribution is -0.124. The number of hydrogen-bond acceptors (Lipinski definition) is 5. The Morgan fingerprint density at radius 1 is 1.32 bits per heavy atom. The molecule has 6 nitrogen and oxygen atoms in total. The fourth-order valence-corrected chi connectivity index (χ4v) is 3.35. The van der Waals surface area contributed by atoms with E-state index in [2.05, 4.69) is 27.8 Å². The molecule has 2 heterocycles. The lowest BCUT2D eigenvalue weighted by Crippen LogP contribution is -2.43. The fourth-order valence-electron chi connectivity index (χ4n) is 3.13. The summed E-state index contributed by atoms with van der Waals surface area (Å²) >= 11 is 6.39. The standard InChI is InChI=1S/C19H21ClN4O2.2ClH/c20-16-10-15(6-7-17(25)24-26)12-22-18(16)23-19(8-9-21-13-19)11-14-4-2-1-3-5-14;;/h1-7,10,12,21,26H,8-9,11,13H2,(H,22,23)(H,24,25);2*1H/b7-6+;;/t19-;;/m0../s1. The summed E-state index contributed by atoms with van der Waals surface area (Å²) in [5.41, 5.74) is 3.32. The van der Waals surface area contributed by atoms with Gasteiger partial charge in [0, 0.05) is 18.8 Å². The predicted molar refractivity (Wildman–Crippen MR) is 117 cm³/mol. The van der Waals surface area contributed by atoms with Crippen molar-refractivity contribution in [3.8, 4) is 0 Å². The van der Waals surface area contributed by atoms with Gasteiger partial charge in [-0.25, -0.2) is 10.5 Å². The molecule has 1 fully saturated rings. The average molecular weight is 446 g/mol. The number of nitrogens with zero attached hydrogens (tertiary/aromatic N) is 1. The van der Waals surface area contributed by atoms with Crippen LogP contribution in [0.2, 0.25) is 5.02 Å². The number of hydrogen-bond donors (Lipinski definition) is 4. The molecule has 0 aliphatic carbocycles.